The van der Waals surface area contributed by atoms with Gasteiger partial charge in [-0.3, -0.25) is 14.6 Å². The van der Waals surface area contributed by atoms with Gasteiger partial charge in [-0.1, -0.05) is 48.5 Å². The molecule has 29 heavy (non-hydrogen) atoms. The molecule has 1 amide bonds. The number of H-pyrrole nitrogens is 1. The number of aromatic amines is 1. The van der Waals surface area contributed by atoms with Crippen molar-refractivity contribution in [1.82, 2.24) is 10.1 Å². The van der Waals surface area contributed by atoms with Gasteiger partial charge in [0.1, 0.15) is 0 Å². The molecule has 2 heterocycles. The highest BCUT2D eigenvalue weighted by atomic mass is 32.2. The monoisotopic (exact) mass is 407 g/mol. The van der Waals surface area contributed by atoms with E-state index < -0.39 is 6.17 Å². The Balaban J connectivity index is 2.13. The van der Waals surface area contributed by atoms with Gasteiger partial charge >= 0.3 is 11.3 Å². The first kappa shape index (κ1) is 19.4. The van der Waals surface area contributed by atoms with Gasteiger partial charge in [0.2, 0.25) is 11.1 Å². The van der Waals surface area contributed by atoms with Gasteiger partial charge in [-0.2, -0.15) is 0 Å². The van der Waals surface area contributed by atoms with Crippen LogP contribution in [0.25, 0.3) is 11.3 Å². The van der Waals surface area contributed by atoms with Crippen LogP contribution in [0, 0.1) is 13.8 Å². The average Bonchev–Trinajstić information content (AvgIpc) is 2.73. The quantitative estimate of drug-likeness (QED) is 0.534. The Morgan fingerprint density at radius 3 is 2.72 bits per heavy atom. The fourth-order valence-corrected chi connectivity index (χ4v) is 4.19. The van der Waals surface area contributed by atoms with E-state index in [1.165, 1.54) is 11.8 Å². The molecular weight excluding hydrogens is 384 g/mol. The number of hydrogen-bond donors (Lipinski definition) is 1. The minimum atomic E-state index is -0.527. The van der Waals surface area contributed by atoms with E-state index in [0.29, 0.717) is 22.8 Å². The number of benzene rings is 2. The minimum Gasteiger partial charge on any atom is -0.291 e. The van der Waals surface area contributed by atoms with Crippen LogP contribution in [0.1, 0.15) is 36.2 Å². The summed E-state index contributed by atoms with van der Waals surface area (Å²) < 4.78 is 1.71. The molecule has 0 saturated heterocycles. The van der Waals surface area contributed by atoms with Gasteiger partial charge in [-0.25, -0.2) is 4.90 Å². The highest BCUT2D eigenvalue weighted by Crippen LogP contribution is 2.38. The molecule has 0 spiro atoms. The molecule has 1 aromatic heterocycles. The Kier molecular flexibility index (Phi) is 5.00. The summed E-state index contributed by atoms with van der Waals surface area (Å²) in [5.74, 6) is -0.0192. The van der Waals surface area contributed by atoms with E-state index in [-0.39, 0.29) is 11.5 Å². The Morgan fingerprint density at radius 1 is 1.24 bits per heavy atom. The van der Waals surface area contributed by atoms with Crippen molar-refractivity contribution in [2.45, 2.75) is 38.5 Å². The normalized spacial score (nSPS) is 15.0. The van der Waals surface area contributed by atoms with Crippen molar-refractivity contribution >= 4 is 23.4 Å². The number of nitrogens with one attached hydrogen (secondary N) is 1. The number of carbonyl (C=O) groups is 1. The first-order valence-corrected chi connectivity index (χ1v) is 10.8. The molecular formula is C22H23N4O2S+. The Labute approximate surface area is 173 Å². The van der Waals surface area contributed by atoms with Crippen LogP contribution in [0.15, 0.2) is 52.4 Å². The lowest BCUT2D eigenvalue weighted by atomic mass is 9.97. The van der Waals surface area contributed by atoms with Crippen molar-refractivity contribution in [2.75, 3.05) is 11.2 Å². The summed E-state index contributed by atoms with van der Waals surface area (Å²) in [7, 11) is 0. The highest BCUT2D eigenvalue weighted by molar-refractivity contribution is 7.98. The number of aromatic nitrogens is 3. The number of rotatable bonds is 3. The molecule has 0 bridgehead atoms. The van der Waals surface area contributed by atoms with Gasteiger partial charge < -0.3 is 0 Å². The van der Waals surface area contributed by atoms with E-state index in [0.717, 1.165) is 22.4 Å². The van der Waals surface area contributed by atoms with Crippen molar-refractivity contribution in [3.8, 4) is 11.3 Å². The predicted molar refractivity (Wildman–Crippen MR) is 114 cm³/mol. The third-order valence-electron chi connectivity index (χ3n) is 5.24. The van der Waals surface area contributed by atoms with Crippen LogP contribution >= 0.6 is 11.8 Å². The lowest BCUT2D eigenvalue weighted by molar-refractivity contribution is -0.763. The van der Waals surface area contributed by atoms with Gasteiger partial charge in [0.15, 0.2) is 0 Å². The maximum absolute atomic E-state index is 13.2. The number of thioether (sulfide) groups is 1. The number of para-hydroxylation sites is 1. The van der Waals surface area contributed by atoms with Crippen molar-refractivity contribution < 1.29 is 9.48 Å². The molecule has 1 aliphatic heterocycles. The Morgan fingerprint density at radius 2 is 2.00 bits per heavy atom. The fraction of sp³-hybridized carbons (Fsp3) is 0.273. The third kappa shape index (κ3) is 3.15. The number of amides is 1. The Bertz CT molecular complexity index is 1170. The van der Waals surface area contributed by atoms with Crippen molar-refractivity contribution in [3.63, 3.8) is 0 Å². The molecule has 4 rings (SSSR count). The zero-order valence-electron chi connectivity index (χ0n) is 16.9. The van der Waals surface area contributed by atoms with E-state index in [4.69, 9.17) is 5.10 Å². The van der Waals surface area contributed by atoms with Gasteiger partial charge in [0.05, 0.1) is 11.3 Å². The number of carbonyl (C=O) groups excluding carboxylic acids is 1. The minimum absolute atomic E-state index is 0.0192. The summed E-state index contributed by atoms with van der Waals surface area (Å²) in [6, 6.07) is 13.7. The smallest absolute Gasteiger partial charge is 0.291 e. The second-order valence-electron chi connectivity index (χ2n) is 7.12. The first-order chi connectivity index (χ1) is 14.0. The van der Waals surface area contributed by atoms with Crippen LogP contribution in [-0.2, 0) is 4.79 Å². The molecule has 0 unspecified atom stereocenters. The average molecular weight is 408 g/mol. The van der Waals surface area contributed by atoms with Crippen molar-refractivity contribution in [2.24, 2.45) is 0 Å². The zero-order valence-corrected chi connectivity index (χ0v) is 17.7. The molecule has 0 aliphatic carbocycles. The molecule has 7 heteroatoms. The molecule has 1 aliphatic rings. The van der Waals surface area contributed by atoms with Crippen LogP contribution in [0.5, 0.6) is 0 Å². The summed E-state index contributed by atoms with van der Waals surface area (Å²) in [5.41, 5.74) is 4.77. The van der Waals surface area contributed by atoms with Crippen LogP contribution in [0.4, 0.5) is 5.69 Å². The summed E-state index contributed by atoms with van der Waals surface area (Å²) in [6.45, 7) is 5.90. The van der Waals surface area contributed by atoms with E-state index in [9.17, 15) is 9.59 Å². The van der Waals surface area contributed by atoms with Crippen LogP contribution < -0.4 is 15.1 Å². The van der Waals surface area contributed by atoms with Crippen molar-refractivity contribution in [3.05, 3.63) is 69.5 Å². The van der Waals surface area contributed by atoms with Crippen LogP contribution in [0.2, 0.25) is 0 Å². The molecule has 1 atom stereocenters. The molecule has 0 fully saturated rings. The van der Waals surface area contributed by atoms with E-state index in [2.05, 4.69) is 11.1 Å². The topological polar surface area (TPSA) is 69.9 Å². The SMILES string of the molecule is CCC(=O)N1c2ccccc2-c2c(=O)[nH]c(SC)n[n+]2[C@H]1c1cc(C)ccc1C. The van der Waals surface area contributed by atoms with Gasteiger partial charge in [-0.05, 0) is 48.5 Å². The maximum Gasteiger partial charge on any atom is 0.325 e. The second-order valence-corrected chi connectivity index (χ2v) is 7.92. The molecule has 2 aromatic carbocycles. The van der Waals surface area contributed by atoms with Gasteiger partial charge in [0.25, 0.3) is 6.17 Å². The fourth-order valence-electron chi connectivity index (χ4n) is 3.82. The number of hydrogen-bond acceptors (Lipinski definition) is 4. The molecule has 3 aromatic rings. The largest absolute Gasteiger partial charge is 0.325 e. The maximum atomic E-state index is 13.2. The van der Waals surface area contributed by atoms with Crippen molar-refractivity contribution in [1.29, 1.82) is 0 Å². The molecule has 0 saturated carbocycles. The summed E-state index contributed by atoms with van der Waals surface area (Å²) >= 11 is 1.37. The Hall–Kier alpha value is -2.93. The standard InChI is InChI=1S/C22H22N4O2S/c1-5-18(27)25-17-9-7-6-8-15(17)19-20(28)23-22(29-4)24-26(19)21(25)16-12-13(2)10-11-14(16)3/h6-12,21H,5H2,1-4H3/p+1/t21-/m0/s1. The van der Waals surface area contributed by atoms with Gasteiger partial charge in [0, 0.05) is 17.1 Å². The van der Waals surface area contributed by atoms with E-state index >= 15 is 0 Å². The number of fused-ring (bicyclic) bond motifs is 3. The second kappa shape index (κ2) is 7.48. The summed E-state index contributed by atoms with van der Waals surface area (Å²) in [5, 5.41) is 5.23. The molecule has 148 valence electrons. The first-order valence-electron chi connectivity index (χ1n) is 9.55. The number of nitrogens with zero attached hydrogens (tertiary/aromatic N) is 3. The highest BCUT2D eigenvalue weighted by Gasteiger charge is 2.45. The molecule has 6 nitrogen and oxygen atoms in total. The lowest BCUT2D eigenvalue weighted by Crippen LogP contribution is -2.61. The van der Waals surface area contributed by atoms with Crippen LogP contribution in [-0.4, -0.2) is 22.2 Å². The van der Waals surface area contributed by atoms with E-state index in [1.54, 1.807) is 9.58 Å². The summed E-state index contributed by atoms with van der Waals surface area (Å²) in [6.07, 6.45) is 1.69. The zero-order chi connectivity index (χ0) is 20.7. The molecule has 0 radical (unpaired) electrons. The lowest BCUT2D eigenvalue weighted by Gasteiger charge is -2.32. The molecule has 1 N–H and O–H groups in total. The summed E-state index contributed by atoms with van der Waals surface area (Å²) in [4.78, 5) is 30.8. The van der Waals surface area contributed by atoms with E-state index in [1.807, 2.05) is 63.4 Å². The van der Waals surface area contributed by atoms with Gasteiger partial charge in [-0.15, -0.1) is 0 Å². The predicted octanol–water partition coefficient (Wildman–Crippen LogP) is 3.37. The number of aryl methyl sites for hydroxylation is 2. The third-order valence-corrected chi connectivity index (χ3v) is 5.81. The van der Waals surface area contributed by atoms with Crippen LogP contribution in [0.3, 0.4) is 0 Å². The number of anilines is 1.